The van der Waals surface area contributed by atoms with E-state index in [-0.39, 0.29) is 24.1 Å². The fourth-order valence-corrected chi connectivity index (χ4v) is 5.91. The van der Waals surface area contributed by atoms with Crippen LogP contribution in [-0.2, 0) is 22.6 Å². The minimum absolute atomic E-state index is 0. The number of nitrogens with one attached hydrogen (secondary N) is 3. The highest BCUT2D eigenvalue weighted by atomic mass is 35.5. The topological polar surface area (TPSA) is 158 Å². The molecule has 2 aliphatic rings. The van der Waals surface area contributed by atoms with Crippen LogP contribution in [0.15, 0.2) is 18.3 Å². The van der Waals surface area contributed by atoms with Gasteiger partial charge in [0.1, 0.15) is 5.82 Å². The first kappa shape index (κ1) is 28.0. The summed E-state index contributed by atoms with van der Waals surface area (Å²) in [5.41, 5.74) is 0.954. The van der Waals surface area contributed by atoms with Crippen molar-refractivity contribution in [2.24, 2.45) is 0 Å². The summed E-state index contributed by atoms with van der Waals surface area (Å²) in [6.07, 6.45) is 2.63. The fourth-order valence-electron chi connectivity index (χ4n) is 4.20. The minimum atomic E-state index is -0.868. The Morgan fingerprint density at radius 3 is 2.71 bits per heavy atom. The van der Waals surface area contributed by atoms with E-state index in [0.717, 1.165) is 41.6 Å². The molecule has 0 unspecified atom stereocenters. The highest BCUT2D eigenvalue weighted by Gasteiger charge is 2.35. The molecule has 0 aromatic carbocycles. The van der Waals surface area contributed by atoms with E-state index < -0.39 is 23.9 Å². The van der Waals surface area contributed by atoms with E-state index in [1.54, 1.807) is 6.07 Å². The summed E-state index contributed by atoms with van der Waals surface area (Å²) in [5.74, 6) is -1.82. The lowest BCUT2D eigenvalue weighted by Crippen LogP contribution is -2.61. The Kier molecular flexibility index (Phi) is 9.04. The van der Waals surface area contributed by atoms with Gasteiger partial charge in [0.15, 0.2) is 5.01 Å². The molecule has 17 heteroatoms. The molecule has 0 bridgehead atoms. The largest absolute Gasteiger partial charge is 0.343 e. The molecule has 0 saturated carbocycles. The number of thiazole rings is 1. The minimum Gasteiger partial charge on any atom is -0.343 e. The monoisotopic (exact) mass is 598 g/mol. The third kappa shape index (κ3) is 6.53. The Labute approximate surface area is 236 Å². The van der Waals surface area contributed by atoms with E-state index in [9.17, 15) is 14.4 Å². The summed E-state index contributed by atoms with van der Waals surface area (Å²) < 4.78 is 3.81. The third-order valence-electron chi connectivity index (χ3n) is 6.10. The van der Waals surface area contributed by atoms with Crippen molar-refractivity contribution in [2.75, 3.05) is 36.9 Å². The van der Waals surface area contributed by atoms with Crippen LogP contribution in [0, 0.1) is 0 Å². The van der Waals surface area contributed by atoms with Gasteiger partial charge in [0.25, 0.3) is 5.91 Å². The van der Waals surface area contributed by atoms with Crippen molar-refractivity contribution >= 4 is 75.5 Å². The SMILES string of the molecule is CN1CCc2nc(C(=O)N[C@@H]3CN(c4nnns4)CC[C@@H]3NC(=O)C(=O)Nc3ccc(Cl)cn3)sc2C1.Cl. The molecule has 2 aliphatic heterocycles. The summed E-state index contributed by atoms with van der Waals surface area (Å²) in [6.45, 7) is 2.54. The van der Waals surface area contributed by atoms with Crippen molar-refractivity contribution in [2.45, 2.75) is 31.5 Å². The van der Waals surface area contributed by atoms with Crippen molar-refractivity contribution in [3.05, 3.63) is 38.9 Å². The zero-order chi connectivity index (χ0) is 25.9. The van der Waals surface area contributed by atoms with E-state index in [2.05, 4.69) is 45.6 Å². The summed E-state index contributed by atoms with van der Waals surface area (Å²) >= 11 is 8.34. The first-order valence-corrected chi connectivity index (χ1v) is 13.4. The fraction of sp³-hybridized carbons (Fsp3) is 0.429. The molecule has 0 radical (unpaired) electrons. The number of rotatable bonds is 5. The number of pyridine rings is 1. The first-order valence-electron chi connectivity index (χ1n) is 11.5. The summed E-state index contributed by atoms with van der Waals surface area (Å²) in [5, 5.41) is 17.3. The van der Waals surface area contributed by atoms with E-state index in [4.69, 9.17) is 11.6 Å². The van der Waals surface area contributed by atoms with Crippen LogP contribution in [0.1, 0.15) is 26.8 Å². The Balaban J connectivity index is 0.00000336. The molecule has 13 nitrogen and oxygen atoms in total. The lowest BCUT2D eigenvalue weighted by molar-refractivity contribution is -0.136. The molecule has 0 spiro atoms. The number of carbonyl (C=O) groups is 3. The number of carbonyl (C=O) groups excluding carboxylic acids is 3. The number of piperidine rings is 1. The Morgan fingerprint density at radius 1 is 1.13 bits per heavy atom. The van der Waals surface area contributed by atoms with Gasteiger partial charge < -0.3 is 25.8 Å². The smallest absolute Gasteiger partial charge is 0.314 e. The maximum absolute atomic E-state index is 13.2. The first-order chi connectivity index (χ1) is 17.9. The number of nitrogens with zero attached hydrogens (tertiary/aromatic N) is 7. The molecule has 3 N–H and O–H groups in total. The number of fused-ring (bicyclic) bond motifs is 1. The summed E-state index contributed by atoms with van der Waals surface area (Å²) in [6, 6.07) is 2.04. The van der Waals surface area contributed by atoms with Gasteiger partial charge in [-0.3, -0.25) is 14.4 Å². The number of aromatic nitrogens is 5. The highest BCUT2D eigenvalue weighted by molar-refractivity contribution is 7.13. The van der Waals surface area contributed by atoms with Gasteiger partial charge in [-0.15, -0.1) is 23.7 Å². The van der Waals surface area contributed by atoms with E-state index in [0.29, 0.717) is 34.7 Å². The van der Waals surface area contributed by atoms with E-state index >= 15 is 0 Å². The van der Waals surface area contributed by atoms with E-state index in [1.165, 1.54) is 23.6 Å². The molecule has 38 heavy (non-hydrogen) atoms. The molecule has 3 amide bonds. The second kappa shape index (κ2) is 12.3. The van der Waals surface area contributed by atoms with E-state index in [1.807, 2.05) is 11.9 Å². The molecule has 0 aliphatic carbocycles. The molecule has 3 aromatic rings. The normalized spacial score (nSPS) is 19.2. The van der Waals surface area contributed by atoms with Crippen molar-refractivity contribution < 1.29 is 14.4 Å². The number of hydrogen-bond acceptors (Lipinski definition) is 12. The number of amides is 3. The highest BCUT2D eigenvalue weighted by Crippen LogP contribution is 2.25. The number of anilines is 2. The number of hydrogen-bond donors (Lipinski definition) is 3. The van der Waals surface area contributed by atoms with Gasteiger partial charge in [0.2, 0.25) is 5.13 Å². The quantitative estimate of drug-likeness (QED) is 0.361. The van der Waals surface area contributed by atoms with Crippen LogP contribution < -0.4 is 20.9 Å². The van der Waals surface area contributed by atoms with Crippen LogP contribution in [-0.4, -0.2) is 86.2 Å². The van der Waals surface area contributed by atoms with Gasteiger partial charge in [-0.25, -0.2) is 9.97 Å². The van der Waals surface area contributed by atoms with Crippen LogP contribution in [0.3, 0.4) is 0 Å². The molecule has 5 rings (SSSR count). The predicted octanol–water partition coefficient (Wildman–Crippen LogP) is 0.980. The van der Waals surface area contributed by atoms with Gasteiger partial charge in [-0.2, -0.15) is 0 Å². The maximum Gasteiger partial charge on any atom is 0.314 e. The van der Waals surface area contributed by atoms with Gasteiger partial charge in [0.05, 0.1) is 22.8 Å². The molecule has 5 heterocycles. The lowest BCUT2D eigenvalue weighted by Gasteiger charge is -2.38. The maximum atomic E-state index is 13.2. The van der Waals surface area contributed by atoms with Crippen LogP contribution in [0.4, 0.5) is 10.9 Å². The number of halogens is 2. The lowest BCUT2D eigenvalue weighted by atomic mass is 9.99. The second-order valence-electron chi connectivity index (χ2n) is 8.73. The molecule has 1 fully saturated rings. The van der Waals surface area contributed by atoms with Gasteiger partial charge >= 0.3 is 11.8 Å². The Hall–Kier alpha value is -2.98. The summed E-state index contributed by atoms with van der Waals surface area (Å²) in [4.78, 5) is 52.1. The standard InChI is InChI=1S/C21H23ClN10O3S2.ClH/c1-31-6-4-13-15(10-31)36-20(26-13)19(35)25-14-9-32(21-28-29-30-37-21)7-5-12(14)24-17(33)18(34)27-16-3-2-11(22)8-23-16;/h2-3,8,12,14H,4-7,9-10H2,1H3,(H,24,33)(H,25,35)(H,23,27,34);1H/t12-,14+;/m0./s1. The zero-order valence-corrected chi connectivity index (χ0v) is 23.3. The van der Waals surface area contributed by atoms with Crippen molar-refractivity contribution in [1.82, 2.24) is 40.3 Å². The molecule has 202 valence electrons. The Morgan fingerprint density at radius 2 is 1.97 bits per heavy atom. The van der Waals surface area contributed by atoms with Crippen LogP contribution in [0.5, 0.6) is 0 Å². The van der Waals surface area contributed by atoms with Crippen LogP contribution in [0.2, 0.25) is 5.02 Å². The Bertz CT molecular complexity index is 1290. The zero-order valence-electron chi connectivity index (χ0n) is 20.1. The number of likely N-dealkylation sites (N-methyl/N-ethyl adjacent to an activating group) is 1. The van der Waals surface area contributed by atoms with Crippen LogP contribution in [0.25, 0.3) is 0 Å². The average Bonchev–Trinajstić information content (AvgIpc) is 3.56. The van der Waals surface area contributed by atoms with Gasteiger partial charge in [-0.05, 0) is 30.8 Å². The molecule has 1 saturated heterocycles. The molecular formula is C21H24Cl2N10O3S2. The average molecular weight is 600 g/mol. The second-order valence-corrected chi connectivity index (χ2v) is 11.0. The summed E-state index contributed by atoms with van der Waals surface area (Å²) in [7, 11) is 2.04. The van der Waals surface area contributed by atoms with Crippen molar-refractivity contribution in [3.8, 4) is 0 Å². The third-order valence-corrected chi connectivity index (χ3v) is 8.06. The van der Waals surface area contributed by atoms with Crippen molar-refractivity contribution in [1.29, 1.82) is 0 Å². The molecule has 3 aromatic heterocycles. The van der Waals surface area contributed by atoms with Crippen LogP contribution >= 0.6 is 46.9 Å². The molecule has 2 atom stereocenters. The van der Waals surface area contributed by atoms with Crippen molar-refractivity contribution in [3.63, 3.8) is 0 Å². The molecular weight excluding hydrogens is 575 g/mol. The van der Waals surface area contributed by atoms with Gasteiger partial charge in [0, 0.05) is 55.2 Å². The van der Waals surface area contributed by atoms with Gasteiger partial charge in [-0.1, -0.05) is 21.2 Å². The predicted molar refractivity (Wildman–Crippen MR) is 145 cm³/mol.